The van der Waals surface area contributed by atoms with Crippen LogP contribution in [0.1, 0.15) is 24.4 Å². The number of carbonyl (C=O) groups is 2. The van der Waals surface area contributed by atoms with Crippen molar-refractivity contribution >= 4 is 28.5 Å². The fraction of sp³-hybridized carbons (Fsp3) is 0.310. The summed E-state index contributed by atoms with van der Waals surface area (Å²) in [5.41, 5.74) is 1.68. The number of nitrogens with one attached hydrogen (secondary N) is 1. The van der Waals surface area contributed by atoms with Crippen molar-refractivity contribution in [2.75, 3.05) is 31.3 Å². The Morgan fingerprint density at radius 3 is 2.65 bits per heavy atom. The normalized spacial score (nSPS) is 17.0. The molecule has 1 fully saturated rings. The lowest BCUT2D eigenvalue weighted by Crippen LogP contribution is -2.47. The van der Waals surface area contributed by atoms with Crippen LogP contribution >= 0.6 is 0 Å². The molecule has 6 rings (SSSR count). The molecular formula is C29H28FN5O5. The van der Waals surface area contributed by atoms with E-state index in [1.54, 1.807) is 36.4 Å². The lowest BCUT2D eigenvalue weighted by atomic mass is 10.0. The summed E-state index contributed by atoms with van der Waals surface area (Å²) in [6.07, 6.45) is 1.59. The molecule has 4 aromatic rings. The van der Waals surface area contributed by atoms with Crippen LogP contribution in [0.15, 0.2) is 66.7 Å². The lowest BCUT2D eigenvalue weighted by Gasteiger charge is -2.32. The molecule has 0 radical (unpaired) electrons. The van der Waals surface area contributed by atoms with Crippen molar-refractivity contribution in [1.29, 1.82) is 0 Å². The summed E-state index contributed by atoms with van der Waals surface area (Å²) in [6.45, 7) is 1.39. The second-order valence-electron chi connectivity index (χ2n) is 9.63. The summed E-state index contributed by atoms with van der Waals surface area (Å²) >= 11 is 0. The number of carbonyl (C=O) groups excluding carboxylic acids is 2. The molecule has 206 valence electrons. The number of hydrogen-bond donors (Lipinski definition) is 1. The smallest absolute Gasteiger partial charge is 0.249 e. The average Bonchev–Trinajstić information content (AvgIpc) is 3.65. The topological polar surface area (TPSA) is 108 Å². The molecule has 0 aliphatic carbocycles. The van der Waals surface area contributed by atoms with Gasteiger partial charge in [-0.05, 0) is 43.2 Å². The summed E-state index contributed by atoms with van der Waals surface area (Å²) in [6, 6.07) is 16.9. The largest absolute Gasteiger partial charge is 0.486 e. The molecular weight excluding hydrogens is 517 g/mol. The zero-order valence-electron chi connectivity index (χ0n) is 21.7. The van der Waals surface area contributed by atoms with Gasteiger partial charge in [-0.2, -0.15) is 0 Å². The molecule has 0 unspecified atom stereocenters. The van der Waals surface area contributed by atoms with Crippen molar-refractivity contribution in [2.45, 2.75) is 31.5 Å². The lowest BCUT2D eigenvalue weighted by molar-refractivity contribution is -0.127. The van der Waals surface area contributed by atoms with Crippen LogP contribution in [0.25, 0.3) is 11.0 Å². The van der Waals surface area contributed by atoms with Crippen LogP contribution in [-0.2, 0) is 20.9 Å². The Labute approximate surface area is 229 Å². The second-order valence-corrected chi connectivity index (χ2v) is 9.63. The fourth-order valence-corrected chi connectivity index (χ4v) is 5.07. The number of halogens is 1. The number of amides is 2. The van der Waals surface area contributed by atoms with Gasteiger partial charge in [-0.25, -0.2) is 9.07 Å². The number of benzene rings is 3. The number of para-hydroxylation sites is 1. The summed E-state index contributed by atoms with van der Waals surface area (Å²) in [5, 5.41) is 11.2. The van der Waals surface area contributed by atoms with Crippen LogP contribution in [0.4, 0.5) is 10.1 Å². The molecule has 10 nitrogen and oxygen atoms in total. The Balaban J connectivity index is 1.42. The number of ether oxygens (including phenoxy) is 3. The minimum atomic E-state index is -1.33. The van der Waals surface area contributed by atoms with Crippen molar-refractivity contribution in [2.24, 2.45) is 0 Å². The van der Waals surface area contributed by atoms with Gasteiger partial charge in [0.2, 0.25) is 11.8 Å². The van der Waals surface area contributed by atoms with Crippen LogP contribution in [0.2, 0.25) is 0 Å². The third kappa shape index (κ3) is 5.20. The van der Waals surface area contributed by atoms with Gasteiger partial charge in [-0.3, -0.25) is 14.5 Å². The van der Waals surface area contributed by atoms with E-state index in [1.165, 1.54) is 27.8 Å². The number of anilines is 1. The molecule has 1 aromatic heterocycles. The molecule has 3 heterocycles. The third-order valence-electron chi connectivity index (χ3n) is 7.01. The molecule has 0 spiro atoms. The van der Waals surface area contributed by atoms with E-state index in [0.717, 1.165) is 12.8 Å². The molecule has 0 bridgehead atoms. The Hall–Kier alpha value is -4.51. The van der Waals surface area contributed by atoms with Crippen LogP contribution < -0.4 is 19.7 Å². The molecule has 11 heteroatoms. The van der Waals surface area contributed by atoms with Crippen LogP contribution in [0.3, 0.4) is 0 Å². The zero-order valence-corrected chi connectivity index (χ0v) is 21.7. The van der Waals surface area contributed by atoms with Crippen molar-refractivity contribution in [3.8, 4) is 11.5 Å². The second kappa shape index (κ2) is 11.3. The highest BCUT2D eigenvalue weighted by molar-refractivity contribution is 6.01. The van der Waals surface area contributed by atoms with E-state index in [-0.39, 0.29) is 24.8 Å². The quantitative estimate of drug-likeness (QED) is 0.362. The predicted octanol–water partition coefficient (Wildman–Crippen LogP) is 3.41. The van der Waals surface area contributed by atoms with Crippen LogP contribution in [0, 0.1) is 5.82 Å². The fourth-order valence-electron chi connectivity index (χ4n) is 5.07. The Bertz CT molecular complexity index is 1540. The number of fused-ring (bicyclic) bond motifs is 2. The van der Waals surface area contributed by atoms with Crippen molar-refractivity contribution < 1.29 is 28.2 Å². The minimum absolute atomic E-state index is 0.0547. The van der Waals surface area contributed by atoms with Crippen molar-refractivity contribution in [3.05, 3.63) is 78.1 Å². The van der Waals surface area contributed by atoms with E-state index in [4.69, 9.17) is 14.2 Å². The van der Waals surface area contributed by atoms with E-state index in [9.17, 15) is 9.59 Å². The summed E-state index contributed by atoms with van der Waals surface area (Å²) in [7, 11) is 0. The maximum Gasteiger partial charge on any atom is 0.249 e. The zero-order chi connectivity index (χ0) is 27.5. The first-order valence-electron chi connectivity index (χ1n) is 13.2. The molecule has 0 saturated carbocycles. The van der Waals surface area contributed by atoms with Gasteiger partial charge in [0.1, 0.15) is 37.1 Å². The summed E-state index contributed by atoms with van der Waals surface area (Å²) < 4.78 is 33.9. The summed E-state index contributed by atoms with van der Waals surface area (Å²) in [5.74, 6) is -0.684. The van der Waals surface area contributed by atoms with Gasteiger partial charge < -0.3 is 19.5 Å². The molecule has 1 saturated heterocycles. The average molecular weight is 546 g/mol. The first kappa shape index (κ1) is 25.8. The standard InChI is InChI=1S/C29H28FN5O5/c30-22-8-2-1-7-21(22)28(29(37)31-17-20-6-5-13-38-20)35(19-11-12-25-26(16-19)40-15-14-39-25)27(36)18-34-24-10-4-3-9-23(24)32-33-34/h1-4,7-12,16,20,28H,5-6,13-15,17-18H2,(H,31,37)/t20-,28-/m0/s1. The number of nitrogens with zero attached hydrogens (tertiary/aromatic N) is 4. The molecule has 40 heavy (non-hydrogen) atoms. The van der Waals surface area contributed by atoms with Crippen molar-refractivity contribution in [1.82, 2.24) is 20.3 Å². The monoisotopic (exact) mass is 545 g/mol. The highest BCUT2D eigenvalue weighted by Crippen LogP contribution is 2.37. The maximum absolute atomic E-state index is 15.3. The molecule has 1 N–H and O–H groups in total. The van der Waals surface area contributed by atoms with Gasteiger partial charge >= 0.3 is 0 Å². The van der Waals surface area contributed by atoms with Gasteiger partial charge in [0.05, 0.1) is 11.6 Å². The number of aromatic nitrogens is 3. The minimum Gasteiger partial charge on any atom is -0.486 e. The van der Waals surface area contributed by atoms with Gasteiger partial charge in [-0.1, -0.05) is 35.5 Å². The van der Waals surface area contributed by atoms with Gasteiger partial charge in [0, 0.05) is 30.5 Å². The first-order chi connectivity index (χ1) is 19.6. The van der Waals surface area contributed by atoms with Gasteiger partial charge in [-0.15, -0.1) is 5.10 Å². The highest BCUT2D eigenvalue weighted by atomic mass is 19.1. The van der Waals surface area contributed by atoms with E-state index < -0.39 is 23.7 Å². The molecule has 2 aliphatic heterocycles. The van der Waals surface area contributed by atoms with Gasteiger partial charge in [0.15, 0.2) is 11.5 Å². The molecule has 3 aromatic carbocycles. The van der Waals surface area contributed by atoms with E-state index in [0.29, 0.717) is 48.0 Å². The maximum atomic E-state index is 15.3. The van der Waals surface area contributed by atoms with Crippen LogP contribution in [-0.4, -0.2) is 59.3 Å². The first-order valence-corrected chi connectivity index (χ1v) is 13.2. The predicted molar refractivity (Wildman–Crippen MR) is 144 cm³/mol. The Kier molecular flexibility index (Phi) is 7.28. The van der Waals surface area contributed by atoms with E-state index in [1.807, 2.05) is 12.1 Å². The van der Waals surface area contributed by atoms with Gasteiger partial charge in [0.25, 0.3) is 0 Å². The Morgan fingerprint density at radius 2 is 1.82 bits per heavy atom. The Morgan fingerprint density at radius 1 is 1.02 bits per heavy atom. The SMILES string of the molecule is O=C(NC[C@@H]1CCCO1)[C@H](c1ccccc1F)N(C(=O)Cn1nnc2ccccc21)c1ccc2c(c1)OCCO2. The molecule has 2 atom stereocenters. The summed E-state index contributed by atoms with van der Waals surface area (Å²) in [4.78, 5) is 29.3. The number of rotatable bonds is 8. The highest BCUT2D eigenvalue weighted by Gasteiger charge is 2.36. The van der Waals surface area contributed by atoms with E-state index in [2.05, 4.69) is 15.6 Å². The van der Waals surface area contributed by atoms with Crippen molar-refractivity contribution in [3.63, 3.8) is 0 Å². The molecule has 2 aliphatic rings. The van der Waals surface area contributed by atoms with Crippen LogP contribution in [0.5, 0.6) is 11.5 Å². The molecule has 2 amide bonds. The third-order valence-corrected chi connectivity index (χ3v) is 7.01. The number of hydrogen-bond acceptors (Lipinski definition) is 7. The van der Waals surface area contributed by atoms with E-state index >= 15 is 4.39 Å².